The second-order valence-corrected chi connectivity index (χ2v) is 7.42. The molecule has 0 saturated carbocycles. The topological polar surface area (TPSA) is 68.2 Å². The number of hydrogen-bond donors (Lipinski definition) is 0. The highest BCUT2D eigenvalue weighted by Gasteiger charge is 2.44. The van der Waals surface area contributed by atoms with E-state index < -0.39 is 0 Å². The average molecular weight is 344 g/mol. The molecule has 2 aliphatic rings. The van der Waals surface area contributed by atoms with Crippen LogP contribution in [0.1, 0.15) is 35.2 Å². The highest BCUT2D eigenvalue weighted by molar-refractivity contribution is 7.09. The van der Waals surface area contributed by atoms with Crippen LogP contribution < -0.4 is 0 Å². The van der Waals surface area contributed by atoms with Crippen molar-refractivity contribution in [2.75, 3.05) is 13.1 Å². The van der Waals surface area contributed by atoms with Gasteiger partial charge in [0.15, 0.2) is 0 Å². The molecule has 0 aliphatic carbocycles. The van der Waals surface area contributed by atoms with E-state index in [9.17, 15) is 4.79 Å². The number of likely N-dealkylation sites (tertiary alicyclic amines) is 1. The smallest absolute Gasteiger partial charge is 0.223 e. The molecule has 4 rings (SSSR count). The molecule has 0 radical (unpaired) electrons. The van der Waals surface area contributed by atoms with E-state index in [0.717, 1.165) is 29.2 Å². The third-order valence-electron chi connectivity index (χ3n) is 4.74. The van der Waals surface area contributed by atoms with Gasteiger partial charge in [-0.3, -0.25) is 4.79 Å². The lowest BCUT2D eigenvalue weighted by Gasteiger charge is -2.18. The van der Waals surface area contributed by atoms with Crippen LogP contribution in [0.15, 0.2) is 24.1 Å². The predicted octanol–water partition coefficient (Wildman–Crippen LogP) is 2.16. The maximum absolute atomic E-state index is 12.4. The normalized spacial score (nSPS) is 25.9. The molecular weight excluding hydrogens is 324 g/mol. The van der Waals surface area contributed by atoms with Crippen molar-refractivity contribution in [1.82, 2.24) is 19.9 Å². The fraction of sp³-hybridized carbons (Fsp3) is 0.529. The van der Waals surface area contributed by atoms with E-state index in [1.807, 2.05) is 11.8 Å². The number of carbonyl (C=O) groups excluding carboxylic acids is 1. The number of nitrogens with zero attached hydrogens (tertiary/aromatic N) is 4. The van der Waals surface area contributed by atoms with Crippen molar-refractivity contribution in [2.24, 2.45) is 5.92 Å². The van der Waals surface area contributed by atoms with Crippen LogP contribution in [0, 0.1) is 12.8 Å². The zero-order chi connectivity index (χ0) is 16.5. The first-order valence-electron chi connectivity index (χ1n) is 8.28. The summed E-state index contributed by atoms with van der Waals surface area (Å²) in [7, 11) is 0. The number of thiazole rings is 1. The molecular formula is C17H20N4O2S. The van der Waals surface area contributed by atoms with E-state index in [-0.39, 0.29) is 18.1 Å². The third kappa shape index (κ3) is 3.18. The van der Waals surface area contributed by atoms with Crippen LogP contribution in [-0.2, 0) is 16.0 Å². The van der Waals surface area contributed by atoms with E-state index in [2.05, 4.69) is 20.3 Å². The minimum Gasteiger partial charge on any atom is -0.366 e. The lowest BCUT2D eigenvalue weighted by atomic mass is 10.0. The largest absolute Gasteiger partial charge is 0.366 e. The van der Waals surface area contributed by atoms with Gasteiger partial charge in [0.1, 0.15) is 17.4 Å². The summed E-state index contributed by atoms with van der Waals surface area (Å²) >= 11 is 1.67. The second kappa shape index (κ2) is 6.57. The van der Waals surface area contributed by atoms with E-state index in [1.54, 1.807) is 23.7 Å². The summed E-state index contributed by atoms with van der Waals surface area (Å²) in [5, 5.41) is 3.14. The fourth-order valence-electron chi connectivity index (χ4n) is 3.51. The van der Waals surface area contributed by atoms with Crippen molar-refractivity contribution in [3.05, 3.63) is 40.4 Å². The number of aromatic nitrogens is 3. The maximum Gasteiger partial charge on any atom is 0.223 e. The third-order valence-corrected chi connectivity index (χ3v) is 5.80. The number of fused-ring (bicyclic) bond motifs is 1. The van der Waals surface area contributed by atoms with Crippen LogP contribution >= 0.6 is 11.3 Å². The molecule has 4 heterocycles. The molecule has 0 bridgehead atoms. The van der Waals surface area contributed by atoms with E-state index in [0.29, 0.717) is 25.3 Å². The summed E-state index contributed by atoms with van der Waals surface area (Å²) in [4.78, 5) is 26.9. The Hall–Kier alpha value is -1.86. The predicted molar refractivity (Wildman–Crippen MR) is 89.5 cm³/mol. The lowest BCUT2D eigenvalue weighted by molar-refractivity contribution is -0.131. The first kappa shape index (κ1) is 15.7. The SMILES string of the molecule is Cc1csc([C@@H]2C[C@H]3CN(C(=O)CCc4cncnc4)C[C@H]3O2)n1. The molecule has 0 N–H and O–H groups in total. The average Bonchev–Trinajstić information content (AvgIpc) is 3.27. The van der Waals surface area contributed by atoms with Gasteiger partial charge >= 0.3 is 0 Å². The molecule has 2 saturated heterocycles. The summed E-state index contributed by atoms with van der Waals surface area (Å²) in [6.07, 6.45) is 7.46. The van der Waals surface area contributed by atoms with Gasteiger partial charge in [-0.1, -0.05) is 0 Å². The van der Waals surface area contributed by atoms with Crippen LogP contribution in [0.4, 0.5) is 0 Å². The molecule has 2 fully saturated rings. The zero-order valence-electron chi connectivity index (χ0n) is 13.6. The Morgan fingerprint density at radius 1 is 1.38 bits per heavy atom. The van der Waals surface area contributed by atoms with E-state index in [1.165, 1.54) is 6.33 Å². The highest BCUT2D eigenvalue weighted by atomic mass is 32.1. The molecule has 0 aromatic carbocycles. The standard InChI is InChI=1S/C17H20N4O2S/c1-11-9-24-17(20-11)14-4-13-7-21(8-15(13)23-14)16(22)3-2-12-5-18-10-19-6-12/h5-6,9-10,13-15H,2-4,7-8H2,1H3/t13-,14-,15+/m0/s1. The molecule has 2 aromatic rings. The van der Waals surface area contributed by atoms with Crippen LogP contribution in [0.2, 0.25) is 0 Å². The maximum atomic E-state index is 12.4. The van der Waals surface area contributed by atoms with Crippen LogP contribution in [0.25, 0.3) is 0 Å². The van der Waals surface area contributed by atoms with Gasteiger partial charge < -0.3 is 9.64 Å². The van der Waals surface area contributed by atoms with Gasteiger partial charge in [0.05, 0.1) is 6.10 Å². The second-order valence-electron chi connectivity index (χ2n) is 6.53. The molecule has 0 spiro atoms. The molecule has 2 aromatic heterocycles. The van der Waals surface area contributed by atoms with Crippen LogP contribution in [-0.4, -0.2) is 45.0 Å². The molecule has 6 nitrogen and oxygen atoms in total. The monoisotopic (exact) mass is 344 g/mol. The zero-order valence-corrected chi connectivity index (χ0v) is 14.4. The van der Waals surface area contributed by atoms with Crippen molar-refractivity contribution >= 4 is 17.2 Å². The van der Waals surface area contributed by atoms with Gasteiger partial charge in [-0.25, -0.2) is 15.0 Å². The first-order valence-corrected chi connectivity index (χ1v) is 9.16. The summed E-state index contributed by atoms with van der Waals surface area (Å²) < 4.78 is 6.16. The Labute approximate surface area is 144 Å². The van der Waals surface area contributed by atoms with Crippen molar-refractivity contribution in [1.29, 1.82) is 0 Å². The fourth-order valence-corrected chi connectivity index (χ4v) is 4.36. The lowest BCUT2D eigenvalue weighted by Crippen LogP contribution is -2.30. The van der Waals surface area contributed by atoms with Crippen molar-refractivity contribution < 1.29 is 9.53 Å². The van der Waals surface area contributed by atoms with Crippen molar-refractivity contribution in [3.63, 3.8) is 0 Å². The Balaban J connectivity index is 1.30. The van der Waals surface area contributed by atoms with E-state index in [4.69, 9.17) is 4.74 Å². The molecule has 1 amide bonds. The van der Waals surface area contributed by atoms with Crippen molar-refractivity contribution in [3.8, 4) is 0 Å². The number of amides is 1. The van der Waals surface area contributed by atoms with Gasteiger partial charge in [-0.15, -0.1) is 11.3 Å². The number of carbonyl (C=O) groups is 1. The van der Waals surface area contributed by atoms with Gasteiger partial charge in [-0.05, 0) is 25.3 Å². The first-order chi connectivity index (χ1) is 11.7. The Bertz CT molecular complexity index is 706. The molecule has 3 atom stereocenters. The minimum absolute atomic E-state index is 0.109. The Morgan fingerprint density at radius 2 is 2.21 bits per heavy atom. The minimum atomic E-state index is 0.109. The van der Waals surface area contributed by atoms with Crippen LogP contribution in [0.5, 0.6) is 0 Å². The number of rotatable bonds is 4. The van der Waals surface area contributed by atoms with Gasteiger partial charge in [-0.2, -0.15) is 0 Å². The highest BCUT2D eigenvalue weighted by Crippen LogP contribution is 2.41. The summed E-state index contributed by atoms with van der Waals surface area (Å²) in [6.45, 7) is 3.51. The van der Waals surface area contributed by atoms with Crippen molar-refractivity contribution in [2.45, 2.75) is 38.4 Å². The molecule has 0 unspecified atom stereocenters. The van der Waals surface area contributed by atoms with Crippen LogP contribution in [0.3, 0.4) is 0 Å². The van der Waals surface area contributed by atoms with Gasteiger partial charge in [0, 0.05) is 48.9 Å². The number of ether oxygens (including phenoxy) is 1. The molecule has 7 heteroatoms. The summed E-state index contributed by atoms with van der Waals surface area (Å²) in [5.74, 6) is 0.627. The Morgan fingerprint density at radius 3 is 2.92 bits per heavy atom. The Kier molecular flexibility index (Phi) is 4.28. The molecule has 2 aliphatic heterocycles. The summed E-state index contributed by atoms with van der Waals surface area (Å²) in [6, 6.07) is 0. The van der Waals surface area contributed by atoms with Gasteiger partial charge in [0.2, 0.25) is 5.91 Å². The summed E-state index contributed by atoms with van der Waals surface area (Å²) in [5.41, 5.74) is 2.05. The number of aryl methyl sites for hydroxylation is 2. The van der Waals surface area contributed by atoms with E-state index >= 15 is 0 Å². The quantitative estimate of drug-likeness (QED) is 0.850. The molecule has 24 heavy (non-hydrogen) atoms. The molecule has 126 valence electrons. The van der Waals surface area contributed by atoms with Gasteiger partial charge in [0.25, 0.3) is 0 Å². The number of hydrogen-bond acceptors (Lipinski definition) is 6.